The standard InChI is InChI=1S/C21H24O4S/c1-13-6-8-16(9-7-13)26(24)21-12-15(3)14(2)11-20(21,4)18(22)10-17(25-5)19(21)23/h6-10H,11-12H2,1-5H3/t20-,21-,26-/m0/s1. The molecule has 1 aromatic rings. The van der Waals surface area contributed by atoms with Gasteiger partial charge in [-0.2, -0.15) is 0 Å². The summed E-state index contributed by atoms with van der Waals surface area (Å²) >= 11 is 0. The summed E-state index contributed by atoms with van der Waals surface area (Å²) in [5.41, 5.74) is 2.09. The minimum absolute atomic E-state index is 0.000268. The summed E-state index contributed by atoms with van der Waals surface area (Å²) in [7, 11) is -0.315. The lowest BCUT2D eigenvalue weighted by atomic mass is 9.59. The number of allylic oxidation sites excluding steroid dienone is 4. The highest BCUT2D eigenvalue weighted by Crippen LogP contribution is 2.55. The first-order valence-electron chi connectivity index (χ1n) is 8.66. The molecule has 3 atom stereocenters. The van der Waals surface area contributed by atoms with Crippen molar-refractivity contribution in [2.45, 2.75) is 50.2 Å². The molecule has 138 valence electrons. The maximum absolute atomic E-state index is 13.8. The molecule has 1 aromatic carbocycles. The van der Waals surface area contributed by atoms with E-state index in [0.29, 0.717) is 17.7 Å². The van der Waals surface area contributed by atoms with Gasteiger partial charge in [0, 0.05) is 11.0 Å². The molecular weight excluding hydrogens is 348 g/mol. The number of hydrogen-bond acceptors (Lipinski definition) is 4. The van der Waals surface area contributed by atoms with Gasteiger partial charge in [-0.3, -0.25) is 13.8 Å². The van der Waals surface area contributed by atoms with Crippen molar-refractivity contribution >= 4 is 22.4 Å². The van der Waals surface area contributed by atoms with E-state index in [-0.39, 0.29) is 17.3 Å². The van der Waals surface area contributed by atoms with Crippen molar-refractivity contribution in [2.24, 2.45) is 5.41 Å². The number of rotatable bonds is 3. The predicted molar refractivity (Wildman–Crippen MR) is 101 cm³/mol. The van der Waals surface area contributed by atoms with Gasteiger partial charge in [0.05, 0.1) is 23.3 Å². The van der Waals surface area contributed by atoms with Crippen molar-refractivity contribution in [3.63, 3.8) is 0 Å². The van der Waals surface area contributed by atoms with Gasteiger partial charge in [-0.25, -0.2) is 0 Å². The van der Waals surface area contributed by atoms with Crippen LogP contribution in [0.3, 0.4) is 0 Å². The van der Waals surface area contributed by atoms with Gasteiger partial charge in [0.1, 0.15) is 4.75 Å². The highest BCUT2D eigenvalue weighted by molar-refractivity contribution is 7.87. The van der Waals surface area contributed by atoms with Crippen molar-refractivity contribution in [1.82, 2.24) is 0 Å². The molecule has 4 nitrogen and oxygen atoms in total. The number of methoxy groups -OCH3 is 1. The van der Waals surface area contributed by atoms with E-state index in [1.807, 2.05) is 32.9 Å². The van der Waals surface area contributed by atoms with Gasteiger partial charge in [0.25, 0.3) is 0 Å². The number of hydrogen-bond donors (Lipinski definition) is 0. The van der Waals surface area contributed by atoms with Crippen molar-refractivity contribution in [1.29, 1.82) is 0 Å². The monoisotopic (exact) mass is 372 g/mol. The Morgan fingerprint density at radius 1 is 1.00 bits per heavy atom. The molecule has 2 aliphatic carbocycles. The highest BCUT2D eigenvalue weighted by Gasteiger charge is 2.65. The van der Waals surface area contributed by atoms with Crippen LogP contribution >= 0.6 is 0 Å². The van der Waals surface area contributed by atoms with Crippen molar-refractivity contribution in [3.8, 4) is 0 Å². The number of carbonyl (C=O) groups excluding carboxylic acids is 2. The molecule has 26 heavy (non-hydrogen) atoms. The van der Waals surface area contributed by atoms with E-state index in [9.17, 15) is 13.8 Å². The zero-order valence-corrected chi connectivity index (χ0v) is 16.7. The molecule has 0 heterocycles. The number of ether oxygens (including phenoxy) is 1. The Morgan fingerprint density at radius 2 is 1.58 bits per heavy atom. The van der Waals surface area contributed by atoms with Crippen LogP contribution in [0.4, 0.5) is 0 Å². The Balaban J connectivity index is 2.28. The maximum atomic E-state index is 13.8. The van der Waals surface area contributed by atoms with E-state index in [1.54, 1.807) is 19.1 Å². The van der Waals surface area contributed by atoms with Crippen LogP contribution in [0.5, 0.6) is 0 Å². The molecule has 0 spiro atoms. The molecule has 0 saturated carbocycles. The molecule has 3 rings (SSSR count). The quantitative estimate of drug-likeness (QED) is 0.760. The summed E-state index contributed by atoms with van der Waals surface area (Å²) in [4.78, 5) is 27.0. The average molecular weight is 372 g/mol. The molecule has 0 radical (unpaired) electrons. The topological polar surface area (TPSA) is 60.4 Å². The molecule has 2 aliphatic rings. The normalized spacial score (nSPS) is 30.0. The SMILES string of the molecule is COC1=CC(=O)[C@]2(C)CC(C)=C(C)C[C@]2([S@@](=O)c2ccc(C)cc2)C1=O. The van der Waals surface area contributed by atoms with Crippen molar-refractivity contribution in [2.75, 3.05) is 7.11 Å². The third-order valence-electron chi connectivity index (χ3n) is 5.92. The van der Waals surface area contributed by atoms with Crippen molar-refractivity contribution in [3.05, 3.63) is 52.8 Å². The molecule has 0 amide bonds. The summed E-state index contributed by atoms with van der Waals surface area (Å²) in [5.74, 6) is -0.533. The van der Waals surface area contributed by atoms with Crippen LogP contribution in [0.2, 0.25) is 0 Å². The maximum Gasteiger partial charge on any atom is 0.217 e. The number of aryl methyl sites for hydroxylation is 1. The molecule has 0 fully saturated rings. The molecular formula is C21H24O4S. The van der Waals surface area contributed by atoms with Crippen LogP contribution in [0, 0.1) is 12.3 Å². The lowest BCUT2D eigenvalue weighted by molar-refractivity contribution is -0.136. The van der Waals surface area contributed by atoms with Crippen LogP contribution in [0.25, 0.3) is 0 Å². The van der Waals surface area contributed by atoms with Gasteiger partial charge < -0.3 is 4.74 Å². The average Bonchev–Trinajstić information content (AvgIpc) is 2.61. The van der Waals surface area contributed by atoms with Gasteiger partial charge in [-0.15, -0.1) is 0 Å². The number of ketones is 2. The minimum atomic E-state index is -1.69. The first-order valence-corrected chi connectivity index (χ1v) is 9.81. The number of carbonyl (C=O) groups is 2. The van der Waals surface area contributed by atoms with E-state index >= 15 is 0 Å². The fraction of sp³-hybridized carbons (Fsp3) is 0.429. The fourth-order valence-corrected chi connectivity index (χ4v) is 6.06. The van der Waals surface area contributed by atoms with Gasteiger partial charge in [-0.05, 0) is 45.7 Å². The molecule has 0 bridgehead atoms. The fourth-order valence-electron chi connectivity index (χ4n) is 4.07. The molecule has 0 unspecified atom stereocenters. The van der Waals surface area contributed by atoms with E-state index in [0.717, 1.165) is 16.7 Å². The molecule has 0 N–H and O–H groups in total. The third-order valence-corrected chi connectivity index (χ3v) is 8.03. The predicted octanol–water partition coefficient (Wildman–Crippen LogP) is 3.66. The zero-order valence-electron chi connectivity index (χ0n) is 15.8. The largest absolute Gasteiger partial charge is 0.493 e. The van der Waals surface area contributed by atoms with Crippen LogP contribution < -0.4 is 0 Å². The molecule has 0 aromatic heterocycles. The third kappa shape index (κ3) is 2.44. The lowest BCUT2D eigenvalue weighted by Crippen LogP contribution is -2.63. The summed E-state index contributed by atoms with van der Waals surface area (Å²) < 4.78 is 17.6. The summed E-state index contributed by atoms with van der Waals surface area (Å²) in [6.07, 6.45) is 2.00. The van der Waals surface area contributed by atoms with E-state index in [2.05, 4.69) is 0 Å². The Kier molecular flexibility index (Phi) is 4.55. The summed E-state index contributed by atoms with van der Waals surface area (Å²) in [5, 5.41) is 0. The Labute approximate surface area is 156 Å². The van der Waals surface area contributed by atoms with Crippen LogP contribution in [0.1, 0.15) is 39.2 Å². The second kappa shape index (κ2) is 6.31. The Bertz CT molecular complexity index is 878. The number of fused-ring (bicyclic) bond motifs is 1. The lowest BCUT2D eigenvalue weighted by Gasteiger charge is -2.50. The first-order chi connectivity index (χ1) is 12.2. The summed E-state index contributed by atoms with van der Waals surface area (Å²) in [6.45, 7) is 7.66. The Morgan fingerprint density at radius 3 is 2.15 bits per heavy atom. The van der Waals surface area contributed by atoms with Gasteiger partial charge in [0.15, 0.2) is 11.5 Å². The van der Waals surface area contributed by atoms with E-state index in [4.69, 9.17) is 4.74 Å². The van der Waals surface area contributed by atoms with Crippen LogP contribution in [0.15, 0.2) is 52.1 Å². The molecule has 0 aliphatic heterocycles. The molecule has 0 saturated heterocycles. The van der Waals surface area contributed by atoms with E-state index in [1.165, 1.54) is 13.2 Å². The van der Waals surface area contributed by atoms with Gasteiger partial charge >= 0.3 is 0 Å². The van der Waals surface area contributed by atoms with Gasteiger partial charge in [0.2, 0.25) is 5.78 Å². The minimum Gasteiger partial charge on any atom is -0.493 e. The van der Waals surface area contributed by atoms with Crippen molar-refractivity contribution < 1.29 is 18.5 Å². The second-order valence-corrected chi connectivity index (χ2v) is 9.27. The zero-order chi connectivity index (χ0) is 19.3. The molecule has 5 heteroatoms. The first kappa shape index (κ1) is 18.8. The van der Waals surface area contributed by atoms with Crippen LogP contribution in [-0.4, -0.2) is 27.6 Å². The summed E-state index contributed by atoms with van der Waals surface area (Å²) in [6, 6.07) is 7.31. The van der Waals surface area contributed by atoms with Crippen LogP contribution in [-0.2, 0) is 25.1 Å². The number of benzene rings is 1. The number of Topliss-reactive ketones (excluding diaryl/α,β-unsaturated/α-hetero) is 1. The second-order valence-electron chi connectivity index (χ2n) is 7.56. The highest BCUT2D eigenvalue weighted by atomic mass is 32.2. The van der Waals surface area contributed by atoms with E-state index < -0.39 is 21.0 Å². The van der Waals surface area contributed by atoms with Gasteiger partial charge in [-0.1, -0.05) is 35.8 Å². The smallest absolute Gasteiger partial charge is 0.217 e. The Hall–Kier alpha value is -2.01.